The maximum atomic E-state index is 11.7. The molecular formula is C11H19N3O3. The van der Waals surface area contributed by atoms with Crippen molar-refractivity contribution in [3.05, 3.63) is 11.5 Å². The minimum atomic E-state index is -0.936. The molecule has 1 aromatic heterocycles. The lowest BCUT2D eigenvalue weighted by atomic mass is 10.1. The molecule has 17 heavy (non-hydrogen) atoms. The first kappa shape index (κ1) is 13.5. The fourth-order valence-corrected chi connectivity index (χ4v) is 1.37. The van der Waals surface area contributed by atoms with Crippen molar-refractivity contribution in [2.75, 3.05) is 18.9 Å². The molecule has 1 heterocycles. The van der Waals surface area contributed by atoms with E-state index in [1.165, 1.54) is 4.90 Å². The van der Waals surface area contributed by atoms with Crippen molar-refractivity contribution in [2.24, 2.45) is 0 Å². The number of rotatable bonds is 3. The van der Waals surface area contributed by atoms with Gasteiger partial charge in [-0.2, -0.15) is 4.98 Å². The first-order valence-electron chi connectivity index (χ1n) is 5.37. The van der Waals surface area contributed by atoms with Crippen LogP contribution >= 0.6 is 0 Å². The van der Waals surface area contributed by atoms with Crippen LogP contribution in [0.2, 0.25) is 0 Å². The maximum absolute atomic E-state index is 11.7. The molecule has 0 aromatic carbocycles. The smallest absolute Gasteiger partial charge is 0.325 e. The Balaban J connectivity index is 2.60. The molecule has 0 atom stereocenters. The van der Waals surface area contributed by atoms with Gasteiger partial charge in [0.1, 0.15) is 5.76 Å². The van der Waals surface area contributed by atoms with Crippen molar-refractivity contribution in [1.82, 2.24) is 9.88 Å². The molecule has 6 nitrogen and oxygen atoms in total. The number of hydrogen-bond donors (Lipinski definition) is 2. The third-order valence-electron chi connectivity index (χ3n) is 2.21. The summed E-state index contributed by atoms with van der Waals surface area (Å²) in [5, 5.41) is 12.1. The quantitative estimate of drug-likeness (QED) is 0.841. The van der Waals surface area contributed by atoms with E-state index in [1.54, 1.807) is 34.7 Å². The highest BCUT2D eigenvalue weighted by atomic mass is 16.4. The Morgan fingerprint density at radius 2 is 2.12 bits per heavy atom. The summed E-state index contributed by atoms with van der Waals surface area (Å²) in [5.41, 5.74) is -0.195. The number of amides is 2. The van der Waals surface area contributed by atoms with Crippen LogP contribution in [0, 0.1) is 13.8 Å². The van der Waals surface area contributed by atoms with Gasteiger partial charge in [0.2, 0.25) is 0 Å². The van der Waals surface area contributed by atoms with Crippen molar-refractivity contribution in [3.63, 3.8) is 0 Å². The number of aryl methyl sites for hydroxylation is 2. The van der Waals surface area contributed by atoms with E-state index in [0.717, 1.165) is 5.69 Å². The summed E-state index contributed by atoms with van der Waals surface area (Å²) < 4.78 is 5.23. The Morgan fingerprint density at radius 3 is 2.53 bits per heavy atom. The lowest BCUT2D eigenvalue weighted by Gasteiger charge is -2.25. The first-order chi connectivity index (χ1) is 7.69. The fourth-order valence-electron chi connectivity index (χ4n) is 1.37. The lowest BCUT2D eigenvalue weighted by Crippen LogP contribution is -2.41. The van der Waals surface area contributed by atoms with E-state index in [-0.39, 0.29) is 18.6 Å². The first-order valence-corrected chi connectivity index (χ1v) is 5.37. The molecule has 2 N–H and O–H groups in total. The van der Waals surface area contributed by atoms with E-state index in [2.05, 4.69) is 10.3 Å². The maximum Gasteiger partial charge on any atom is 0.325 e. The number of aromatic nitrogens is 1. The standard InChI is InChI=1S/C11H19N3O3/c1-7-8(2)17-9(12-7)13-10(15)14(5)6-11(3,4)16/h16H,6H2,1-5H3,(H,12,13,15). The molecule has 0 saturated heterocycles. The number of urea groups is 1. The summed E-state index contributed by atoms with van der Waals surface area (Å²) >= 11 is 0. The van der Waals surface area contributed by atoms with Gasteiger partial charge >= 0.3 is 12.0 Å². The summed E-state index contributed by atoms with van der Waals surface area (Å²) in [5.74, 6) is 0.672. The van der Waals surface area contributed by atoms with Crippen LogP contribution in [-0.4, -0.2) is 40.2 Å². The van der Waals surface area contributed by atoms with E-state index in [9.17, 15) is 9.90 Å². The zero-order chi connectivity index (χ0) is 13.2. The average Bonchev–Trinajstić information content (AvgIpc) is 2.42. The molecule has 2 amide bonds. The van der Waals surface area contributed by atoms with E-state index in [1.807, 2.05) is 0 Å². The molecule has 6 heteroatoms. The largest absolute Gasteiger partial charge is 0.428 e. The number of nitrogens with one attached hydrogen (secondary N) is 1. The second kappa shape index (κ2) is 4.75. The molecule has 0 saturated carbocycles. The second-order valence-electron chi connectivity index (χ2n) is 4.76. The van der Waals surface area contributed by atoms with Gasteiger partial charge in [0, 0.05) is 7.05 Å². The minimum Gasteiger partial charge on any atom is -0.428 e. The van der Waals surface area contributed by atoms with Crippen LogP contribution in [0.1, 0.15) is 25.3 Å². The monoisotopic (exact) mass is 241 g/mol. The summed E-state index contributed by atoms with van der Waals surface area (Å²) in [4.78, 5) is 17.1. The number of carbonyl (C=O) groups is 1. The van der Waals surface area contributed by atoms with Crippen molar-refractivity contribution >= 4 is 12.0 Å². The predicted molar refractivity (Wildman–Crippen MR) is 63.9 cm³/mol. The van der Waals surface area contributed by atoms with Gasteiger partial charge in [-0.05, 0) is 27.7 Å². The van der Waals surface area contributed by atoms with Crippen LogP contribution in [-0.2, 0) is 0 Å². The molecule has 0 aliphatic carbocycles. The third kappa shape index (κ3) is 4.07. The summed E-state index contributed by atoms with van der Waals surface area (Å²) in [6, 6.07) is -0.194. The van der Waals surface area contributed by atoms with E-state index >= 15 is 0 Å². The van der Waals surface area contributed by atoms with Crippen LogP contribution in [0.3, 0.4) is 0 Å². The van der Waals surface area contributed by atoms with Crippen molar-refractivity contribution in [2.45, 2.75) is 33.3 Å². The van der Waals surface area contributed by atoms with Crippen LogP contribution < -0.4 is 5.32 Å². The number of oxazole rings is 1. The SMILES string of the molecule is Cc1nc(NC(=O)N(C)CC(C)(C)O)oc1C. The van der Waals surface area contributed by atoms with Crippen LogP contribution in [0.5, 0.6) is 0 Å². The van der Waals surface area contributed by atoms with E-state index < -0.39 is 5.60 Å². The highest BCUT2D eigenvalue weighted by Gasteiger charge is 2.20. The van der Waals surface area contributed by atoms with Crippen molar-refractivity contribution in [1.29, 1.82) is 0 Å². The third-order valence-corrected chi connectivity index (χ3v) is 2.21. The van der Waals surface area contributed by atoms with Gasteiger partial charge in [-0.15, -0.1) is 0 Å². The number of aliphatic hydroxyl groups is 1. The molecule has 0 aliphatic heterocycles. The molecule has 1 rings (SSSR count). The lowest BCUT2D eigenvalue weighted by molar-refractivity contribution is 0.0550. The molecule has 0 aliphatic rings. The number of anilines is 1. The van der Waals surface area contributed by atoms with Gasteiger partial charge in [-0.1, -0.05) is 0 Å². The molecule has 0 unspecified atom stereocenters. The van der Waals surface area contributed by atoms with Crippen molar-refractivity contribution < 1.29 is 14.3 Å². The van der Waals surface area contributed by atoms with Gasteiger partial charge < -0.3 is 14.4 Å². The van der Waals surface area contributed by atoms with Gasteiger partial charge in [0.15, 0.2) is 0 Å². The summed E-state index contributed by atoms with van der Waals surface area (Å²) in [7, 11) is 1.59. The van der Waals surface area contributed by atoms with Crippen LogP contribution in [0.15, 0.2) is 4.42 Å². The summed E-state index contributed by atoms with van der Waals surface area (Å²) in [6.45, 7) is 7.07. The topological polar surface area (TPSA) is 78.6 Å². The predicted octanol–water partition coefficient (Wildman–Crippen LogP) is 1.53. The fraction of sp³-hybridized carbons (Fsp3) is 0.636. The molecule has 0 bridgehead atoms. The Morgan fingerprint density at radius 1 is 1.53 bits per heavy atom. The zero-order valence-corrected chi connectivity index (χ0v) is 10.9. The summed E-state index contributed by atoms with van der Waals surface area (Å²) in [6.07, 6.45) is 0. The van der Waals surface area contributed by atoms with Gasteiger partial charge in [0.25, 0.3) is 0 Å². The number of likely N-dealkylation sites (N-methyl/N-ethyl adjacent to an activating group) is 1. The van der Waals surface area contributed by atoms with Gasteiger partial charge in [0.05, 0.1) is 17.8 Å². The van der Waals surface area contributed by atoms with E-state index in [4.69, 9.17) is 4.42 Å². The van der Waals surface area contributed by atoms with Gasteiger partial charge in [-0.25, -0.2) is 4.79 Å². The van der Waals surface area contributed by atoms with E-state index in [0.29, 0.717) is 5.76 Å². The zero-order valence-electron chi connectivity index (χ0n) is 10.9. The second-order valence-corrected chi connectivity index (χ2v) is 4.76. The Kier molecular flexibility index (Phi) is 3.77. The Hall–Kier alpha value is -1.56. The Labute approximate surface area is 101 Å². The molecule has 0 spiro atoms. The van der Waals surface area contributed by atoms with Crippen LogP contribution in [0.4, 0.5) is 10.8 Å². The number of carbonyl (C=O) groups excluding carboxylic acids is 1. The highest BCUT2D eigenvalue weighted by Crippen LogP contribution is 2.13. The average molecular weight is 241 g/mol. The molecule has 0 fully saturated rings. The normalized spacial score (nSPS) is 11.4. The molecule has 1 aromatic rings. The number of hydrogen-bond acceptors (Lipinski definition) is 4. The highest BCUT2D eigenvalue weighted by molar-refractivity contribution is 5.86. The Bertz CT molecular complexity index is 387. The van der Waals surface area contributed by atoms with Crippen LogP contribution in [0.25, 0.3) is 0 Å². The molecule has 96 valence electrons. The van der Waals surface area contributed by atoms with Crippen molar-refractivity contribution in [3.8, 4) is 0 Å². The molecular weight excluding hydrogens is 222 g/mol. The van der Waals surface area contributed by atoms with Gasteiger partial charge in [-0.3, -0.25) is 5.32 Å². The minimum absolute atomic E-state index is 0.174. The molecule has 0 radical (unpaired) electrons. The number of nitrogens with zero attached hydrogens (tertiary/aromatic N) is 2.